The molecular weight excluding hydrogens is 254 g/mol. The van der Waals surface area contributed by atoms with Gasteiger partial charge in [0.2, 0.25) is 0 Å². The van der Waals surface area contributed by atoms with Gasteiger partial charge >= 0.3 is 6.09 Å². The Hall–Kier alpha value is -1.55. The molecule has 0 saturated heterocycles. The smallest absolute Gasteiger partial charge is 0.410 e. The lowest BCUT2D eigenvalue weighted by Gasteiger charge is -2.34. The number of hydrogen-bond donors (Lipinski definition) is 1. The molecule has 1 aromatic rings. The van der Waals surface area contributed by atoms with E-state index in [1.54, 1.807) is 4.90 Å². The Morgan fingerprint density at radius 2 is 1.90 bits per heavy atom. The van der Waals surface area contributed by atoms with E-state index in [2.05, 4.69) is 0 Å². The Morgan fingerprint density at radius 3 is 2.50 bits per heavy atom. The minimum Gasteiger partial charge on any atom is -0.445 e. The molecule has 1 fully saturated rings. The van der Waals surface area contributed by atoms with Crippen LogP contribution in [0.5, 0.6) is 0 Å². The van der Waals surface area contributed by atoms with Gasteiger partial charge in [0.1, 0.15) is 6.61 Å². The predicted molar refractivity (Wildman–Crippen MR) is 77.3 cm³/mol. The van der Waals surface area contributed by atoms with Gasteiger partial charge in [0.25, 0.3) is 0 Å². The van der Waals surface area contributed by atoms with E-state index in [1.807, 2.05) is 37.3 Å². The first-order valence-electron chi connectivity index (χ1n) is 7.36. The van der Waals surface area contributed by atoms with Crippen molar-refractivity contribution in [2.45, 2.75) is 51.4 Å². The lowest BCUT2D eigenvalue weighted by atomic mass is 9.92. The normalized spacial score (nSPS) is 22.3. The fourth-order valence-electron chi connectivity index (χ4n) is 2.71. The average molecular weight is 277 g/mol. The van der Waals surface area contributed by atoms with Gasteiger partial charge in [-0.2, -0.15) is 0 Å². The molecule has 0 atom stereocenters. The minimum absolute atomic E-state index is 0.201. The van der Waals surface area contributed by atoms with E-state index in [4.69, 9.17) is 4.74 Å². The number of aliphatic hydroxyl groups is 1. The van der Waals surface area contributed by atoms with Gasteiger partial charge < -0.3 is 14.7 Å². The molecule has 0 unspecified atom stereocenters. The Balaban J connectivity index is 1.86. The summed E-state index contributed by atoms with van der Waals surface area (Å²) < 4.78 is 5.39. The fourth-order valence-corrected chi connectivity index (χ4v) is 2.71. The van der Waals surface area contributed by atoms with Crippen molar-refractivity contribution in [1.29, 1.82) is 0 Å². The van der Waals surface area contributed by atoms with Crippen LogP contribution in [0.3, 0.4) is 0 Å². The molecule has 0 aromatic heterocycles. The van der Waals surface area contributed by atoms with Gasteiger partial charge in [-0.3, -0.25) is 0 Å². The second-order valence-corrected chi connectivity index (χ2v) is 5.29. The van der Waals surface area contributed by atoms with Gasteiger partial charge in [-0.15, -0.1) is 0 Å². The van der Waals surface area contributed by atoms with Crippen molar-refractivity contribution in [2.75, 3.05) is 6.54 Å². The molecule has 0 spiro atoms. The summed E-state index contributed by atoms with van der Waals surface area (Å²) in [5.41, 5.74) is 0.996. The highest BCUT2D eigenvalue weighted by Gasteiger charge is 2.27. The summed E-state index contributed by atoms with van der Waals surface area (Å²) in [6, 6.07) is 9.90. The second-order valence-electron chi connectivity index (χ2n) is 5.29. The van der Waals surface area contributed by atoms with Crippen LogP contribution in [0.2, 0.25) is 0 Å². The zero-order valence-electron chi connectivity index (χ0n) is 12.0. The molecular formula is C16H23NO3. The number of hydrogen-bond acceptors (Lipinski definition) is 3. The second kappa shape index (κ2) is 7.29. The van der Waals surface area contributed by atoms with Crippen LogP contribution in [-0.2, 0) is 11.3 Å². The quantitative estimate of drug-likeness (QED) is 0.920. The van der Waals surface area contributed by atoms with Gasteiger partial charge in [0.05, 0.1) is 6.10 Å². The van der Waals surface area contributed by atoms with Crippen molar-refractivity contribution in [3.05, 3.63) is 35.9 Å². The summed E-state index contributed by atoms with van der Waals surface area (Å²) in [5.74, 6) is 0. The van der Waals surface area contributed by atoms with Crippen molar-refractivity contribution in [1.82, 2.24) is 4.90 Å². The lowest BCUT2D eigenvalue weighted by Crippen LogP contribution is -2.43. The summed E-state index contributed by atoms with van der Waals surface area (Å²) in [7, 11) is 0. The molecule has 1 saturated carbocycles. The van der Waals surface area contributed by atoms with Gasteiger partial charge in [0, 0.05) is 12.6 Å². The third kappa shape index (κ3) is 3.97. The van der Waals surface area contributed by atoms with E-state index in [1.165, 1.54) is 0 Å². The molecule has 110 valence electrons. The molecule has 1 amide bonds. The van der Waals surface area contributed by atoms with Gasteiger partial charge in [0.15, 0.2) is 0 Å². The molecule has 0 radical (unpaired) electrons. The van der Waals surface area contributed by atoms with Crippen LogP contribution >= 0.6 is 0 Å². The monoisotopic (exact) mass is 277 g/mol. The van der Waals surface area contributed by atoms with Crippen LogP contribution < -0.4 is 0 Å². The maximum absolute atomic E-state index is 12.2. The summed E-state index contributed by atoms with van der Waals surface area (Å²) in [6.07, 6.45) is 2.80. The SMILES string of the molecule is CCN(C(=O)OCc1ccccc1)C1CCC(O)CC1. The summed E-state index contributed by atoms with van der Waals surface area (Å²) in [6.45, 7) is 2.93. The lowest BCUT2D eigenvalue weighted by molar-refractivity contribution is 0.0515. The molecule has 4 heteroatoms. The fraction of sp³-hybridized carbons (Fsp3) is 0.562. The molecule has 1 aliphatic carbocycles. The molecule has 0 heterocycles. The van der Waals surface area contributed by atoms with Crippen molar-refractivity contribution in [3.63, 3.8) is 0 Å². The number of ether oxygens (including phenoxy) is 1. The van der Waals surface area contributed by atoms with Crippen molar-refractivity contribution < 1.29 is 14.6 Å². The average Bonchev–Trinajstić information content (AvgIpc) is 2.49. The molecule has 0 aliphatic heterocycles. The van der Waals surface area contributed by atoms with Crippen LogP contribution in [0, 0.1) is 0 Å². The standard InChI is InChI=1S/C16H23NO3/c1-2-17(14-8-10-15(18)11-9-14)16(19)20-12-13-6-4-3-5-7-13/h3-7,14-15,18H,2,8-12H2,1H3. The van der Waals surface area contributed by atoms with Gasteiger partial charge in [-0.25, -0.2) is 4.79 Å². The molecule has 1 aliphatic rings. The number of rotatable bonds is 4. The van der Waals surface area contributed by atoms with Gasteiger partial charge in [-0.1, -0.05) is 30.3 Å². The summed E-state index contributed by atoms with van der Waals surface area (Å²) >= 11 is 0. The zero-order chi connectivity index (χ0) is 14.4. The summed E-state index contributed by atoms with van der Waals surface area (Å²) in [5, 5.41) is 9.54. The largest absolute Gasteiger partial charge is 0.445 e. The van der Waals surface area contributed by atoms with E-state index in [0.29, 0.717) is 13.2 Å². The number of amides is 1. The number of carbonyl (C=O) groups is 1. The van der Waals surface area contributed by atoms with E-state index >= 15 is 0 Å². The molecule has 20 heavy (non-hydrogen) atoms. The highest BCUT2D eigenvalue weighted by atomic mass is 16.6. The zero-order valence-corrected chi connectivity index (χ0v) is 12.0. The van der Waals surface area contributed by atoms with Crippen molar-refractivity contribution in [2.24, 2.45) is 0 Å². The van der Waals surface area contributed by atoms with E-state index < -0.39 is 0 Å². The number of nitrogens with zero attached hydrogens (tertiary/aromatic N) is 1. The number of benzene rings is 1. The van der Waals surface area contributed by atoms with Crippen LogP contribution in [0.1, 0.15) is 38.2 Å². The van der Waals surface area contributed by atoms with Crippen molar-refractivity contribution >= 4 is 6.09 Å². The molecule has 1 aromatic carbocycles. The molecule has 1 N–H and O–H groups in total. The Morgan fingerprint density at radius 1 is 1.25 bits per heavy atom. The topological polar surface area (TPSA) is 49.8 Å². The van der Waals surface area contributed by atoms with Crippen LogP contribution in [-0.4, -0.2) is 34.8 Å². The first-order chi connectivity index (χ1) is 9.70. The van der Waals surface area contributed by atoms with Gasteiger partial charge in [-0.05, 0) is 38.2 Å². The maximum Gasteiger partial charge on any atom is 0.410 e. The number of aliphatic hydroxyl groups excluding tert-OH is 1. The molecule has 2 rings (SSSR count). The third-order valence-corrected chi connectivity index (χ3v) is 3.89. The highest BCUT2D eigenvalue weighted by molar-refractivity contribution is 5.68. The summed E-state index contributed by atoms with van der Waals surface area (Å²) in [4.78, 5) is 14.0. The first-order valence-corrected chi connectivity index (χ1v) is 7.36. The third-order valence-electron chi connectivity index (χ3n) is 3.89. The Bertz CT molecular complexity index is 413. The molecule has 0 bridgehead atoms. The van der Waals surface area contributed by atoms with E-state index in [9.17, 15) is 9.90 Å². The Kier molecular flexibility index (Phi) is 5.41. The van der Waals surface area contributed by atoms with Crippen molar-refractivity contribution in [3.8, 4) is 0 Å². The minimum atomic E-state index is -0.252. The van der Waals surface area contributed by atoms with E-state index in [0.717, 1.165) is 31.2 Å². The van der Waals surface area contributed by atoms with Crippen LogP contribution in [0.15, 0.2) is 30.3 Å². The highest BCUT2D eigenvalue weighted by Crippen LogP contribution is 2.23. The van der Waals surface area contributed by atoms with E-state index in [-0.39, 0.29) is 18.2 Å². The first kappa shape index (κ1) is 14.9. The number of carbonyl (C=O) groups excluding carboxylic acids is 1. The Labute approximate surface area is 120 Å². The molecule has 4 nitrogen and oxygen atoms in total. The maximum atomic E-state index is 12.2. The van der Waals surface area contributed by atoms with Crippen LogP contribution in [0.25, 0.3) is 0 Å². The van der Waals surface area contributed by atoms with Crippen LogP contribution in [0.4, 0.5) is 4.79 Å². The predicted octanol–water partition coefficient (Wildman–Crippen LogP) is 2.95.